The smallest absolute Gasteiger partial charge is 0.246 e. The molecule has 2 atom stereocenters. The second-order valence-electron chi connectivity index (χ2n) is 7.93. The summed E-state index contributed by atoms with van der Waals surface area (Å²) in [7, 11) is 1.65. The molecule has 6 heteroatoms. The normalized spacial score (nSPS) is 21.6. The molecule has 0 bridgehead atoms. The maximum Gasteiger partial charge on any atom is 0.246 e. The van der Waals surface area contributed by atoms with Gasteiger partial charge in [-0.25, -0.2) is 0 Å². The van der Waals surface area contributed by atoms with Crippen LogP contribution in [0.3, 0.4) is 0 Å². The van der Waals surface area contributed by atoms with Crippen LogP contribution < -0.4 is 10.1 Å². The van der Waals surface area contributed by atoms with E-state index in [-0.39, 0.29) is 17.9 Å². The summed E-state index contributed by atoms with van der Waals surface area (Å²) >= 11 is 0. The van der Waals surface area contributed by atoms with Gasteiger partial charge < -0.3 is 19.9 Å². The van der Waals surface area contributed by atoms with Gasteiger partial charge in [-0.1, -0.05) is 11.6 Å². The summed E-state index contributed by atoms with van der Waals surface area (Å²) in [4.78, 5) is 30.7. The van der Waals surface area contributed by atoms with Crippen LogP contribution in [-0.2, 0) is 22.4 Å². The SMILES string of the molecule is COc1ccc2c(C[C@H]3NC(=O)[C@@H]4CCCN4C3=O)c(CC=C(C)C)[nH]c2c1. The molecule has 2 fully saturated rings. The van der Waals surface area contributed by atoms with E-state index in [4.69, 9.17) is 4.74 Å². The molecule has 4 rings (SSSR count). The number of aromatic nitrogens is 1. The fourth-order valence-corrected chi connectivity index (χ4v) is 4.31. The van der Waals surface area contributed by atoms with Crippen LogP contribution >= 0.6 is 0 Å². The van der Waals surface area contributed by atoms with Gasteiger partial charge in [0.05, 0.1) is 7.11 Å². The van der Waals surface area contributed by atoms with Crippen LogP contribution in [0.2, 0.25) is 0 Å². The Morgan fingerprint density at radius 3 is 2.89 bits per heavy atom. The number of hydrogen-bond acceptors (Lipinski definition) is 3. The second kappa shape index (κ2) is 7.34. The first-order valence-corrected chi connectivity index (χ1v) is 9.89. The fourth-order valence-electron chi connectivity index (χ4n) is 4.31. The molecule has 1 aromatic heterocycles. The maximum absolute atomic E-state index is 13.0. The maximum atomic E-state index is 13.0. The van der Waals surface area contributed by atoms with Crippen molar-refractivity contribution < 1.29 is 14.3 Å². The lowest BCUT2D eigenvalue weighted by Crippen LogP contribution is -2.61. The van der Waals surface area contributed by atoms with Crippen molar-refractivity contribution in [3.63, 3.8) is 0 Å². The predicted molar refractivity (Wildman–Crippen MR) is 108 cm³/mol. The van der Waals surface area contributed by atoms with Gasteiger partial charge in [0.25, 0.3) is 0 Å². The Morgan fingerprint density at radius 2 is 2.14 bits per heavy atom. The van der Waals surface area contributed by atoms with Gasteiger partial charge in [0.15, 0.2) is 0 Å². The van der Waals surface area contributed by atoms with Crippen molar-refractivity contribution in [1.29, 1.82) is 0 Å². The molecule has 0 unspecified atom stereocenters. The Kier molecular flexibility index (Phi) is 4.87. The van der Waals surface area contributed by atoms with Gasteiger partial charge in [-0.05, 0) is 44.4 Å². The first-order chi connectivity index (χ1) is 13.5. The van der Waals surface area contributed by atoms with Crippen LogP contribution in [0, 0.1) is 0 Å². The van der Waals surface area contributed by atoms with Gasteiger partial charge in [0.1, 0.15) is 17.8 Å². The van der Waals surface area contributed by atoms with Crippen molar-refractivity contribution >= 4 is 22.7 Å². The molecular formula is C22H27N3O3. The van der Waals surface area contributed by atoms with Gasteiger partial charge in [-0.15, -0.1) is 0 Å². The summed E-state index contributed by atoms with van der Waals surface area (Å²) < 4.78 is 5.35. The average Bonchev–Trinajstić information content (AvgIpc) is 3.29. The number of aromatic amines is 1. The first kappa shape index (κ1) is 18.6. The van der Waals surface area contributed by atoms with Crippen LogP contribution in [-0.4, -0.2) is 47.4 Å². The summed E-state index contributed by atoms with van der Waals surface area (Å²) in [5.41, 5.74) is 4.39. The number of amides is 2. The highest BCUT2D eigenvalue weighted by molar-refractivity contribution is 5.98. The minimum Gasteiger partial charge on any atom is -0.497 e. The molecule has 148 valence electrons. The van der Waals surface area contributed by atoms with E-state index in [1.807, 2.05) is 18.2 Å². The molecule has 1 aromatic carbocycles. The fraction of sp³-hybridized carbons (Fsp3) is 0.455. The number of ether oxygens (including phenoxy) is 1. The van der Waals surface area contributed by atoms with E-state index in [1.54, 1.807) is 12.0 Å². The zero-order chi connectivity index (χ0) is 19.8. The number of nitrogens with zero attached hydrogens (tertiary/aromatic N) is 1. The van der Waals surface area contributed by atoms with Gasteiger partial charge in [0.2, 0.25) is 11.8 Å². The number of benzene rings is 1. The Hall–Kier alpha value is -2.76. The highest BCUT2D eigenvalue weighted by atomic mass is 16.5. The lowest BCUT2D eigenvalue weighted by atomic mass is 9.97. The highest BCUT2D eigenvalue weighted by Gasteiger charge is 2.43. The van der Waals surface area contributed by atoms with Crippen molar-refractivity contribution in [2.75, 3.05) is 13.7 Å². The Labute approximate surface area is 164 Å². The number of H-pyrrole nitrogens is 1. The third-order valence-electron chi connectivity index (χ3n) is 5.78. The van der Waals surface area contributed by atoms with E-state index >= 15 is 0 Å². The number of rotatable bonds is 5. The highest BCUT2D eigenvalue weighted by Crippen LogP contribution is 2.30. The number of carbonyl (C=O) groups is 2. The van der Waals surface area contributed by atoms with E-state index in [0.29, 0.717) is 13.0 Å². The summed E-state index contributed by atoms with van der Waals surface area (Å²) in [6, 6.07) is 5.15. The zero-order valence-corrected chi connectivity index (χ0v) is 16.7. The van der Waals surface area contributed by atoms with E-state index < -0.39 is 6.04 Å². The molecular weight excluding hydrogens is 354 g/mol. The number of allylic oxidation sites excluding steroid dienone is 2. The third-order valence-corrected chi connectivity index (χ3v) is 5.78. The molecule has 2 aliphatic heterocycles. The quantitative estimate of drug-likeness (QED) is 0.782. The largest absolute Gasteiger partial charge is 0.497 e. The van der Waals surface area contributed by atoms with E-state index in [9.17, 15) is 9.59 Å². The molecule has 0 spiro atoms. The van der Waals surface area contributed by atoms with E-state index in [0.717, 1.165) is 47.2 Å². The number of hydrogen-bond donors (Lipinski definition) is 2. The minimum absolute atomic E-state index is 0.0190. The molecule has 0 aliphatic carbocycles. The van der Waals surface area contributed by atoms with Crippen LogP contribution in [0.4, 0.5) is 0 Å². The monoisotopic (exact) mass is 381 g/mol. The van der Waals surface area contributed by atoms with Crippen LogP contribution in [0.1, 0.15) is 37.9 Å². The van der Waals surface area contributed by atoms with Gasteiger partial charge >= 0.3 is 0 Å². The number of fused-ring (bicyclic) bond motifs is 2. The summed E-state index contributed by atoms with van der Waals surface area (Å²) in [5.74, 6) is 0.809. The number of carbonyl (C=O) groups excluding carboxylic acids is 2. The Bertz CT molecular complexity index is 955. The molecule has 3 heterocycles. The van der Waals surface area contributed by atoms with E-state index in [1.165, 1.54) is 5.57 Å². The molecule has 2 amide bonds. The second-order valence-corrected chi connectivity index (χ2v) is 7.93. The zero-order valence-electron chi connectivity index (χ0n) is 16.7. The van der Waals surface area contributed by atoms with Crippen LogP contribution in [0.15, 0.2) is 29.8 Å². The molecule has 2 N–H and O–H groups in total. The standard InChI is InChI=1S/C22H27N3O3/c1-13(2)6-9-17-16(15-8-7-14(28-3)11-18(15)23-17)12-19-22(27)25-10-4-5-20(25)21(26)24-19/h6-8,11,19-20,23H,4-5,9-10,12H2,1-3H3,(H,24,26)/t19-,20+/m1/s1. The van der Waals surface area contributed by atoms with Crippen LogP contribution in [0.5, 0.6) is 5.75 Å². The number of methoxy groups -OCH3 is 1. The Balaban J connectivity index is 1.70. The summed E-state index contributed by atoms with van der Waals surface area (Å²) in [6.45, 7) is 4.83. The molecule has 2 aliphatic rings. The third kappa shape index (κ3) is 3.28. The Morgan fingerprint density at radius 1 is 1.32 bits per heavy atom. The molecule has 2 saturated heterocycles. The van der Waals surface area contributed by atoms with Crippen molar-refractivity contribution in [2.24, 2.45) is 0 Å². The van der Waals surface area contributed by atoms with Crippen molar-refractivity contribution in [1.82, 2.24) is 15.2 Å². The topological polar surface area (TPSA) is 74.4 Å². The lowest BCUT2D eigenvalue weighted by molar-refractivity contribution is -0.146. The molecule has 2 aromatic rings. The molecule has 28 heavy (non-hydrogen) atoms. The number of piperazine rings is 1. The lowest BCUT2D eigenvalue weighted by Gasteiger charge is -2.34. The minimum atomic E-state index is -0.506. The predicted octanol–water partition coefficient (Wildman–Crippen LogP) is 2.72. The average molecular weight is 381 g/mol. The van der Waals surface area contributed by atoms with E-state index in [2.05, 4.69) is 30.2 Å². The molecule has 0 saturated carbocycles. The van der Waals surface area contributed by atoms with Gasteiger partial charge in [0, 0.05) is 42.0 Å². The number of nitrogens with one attached hydrogen (secondary N) is 2. The van der Waals surface area contributed by atoms with Crippen LogP contribution in [0.25, 0.3) is 10.9 Å². The molecule has 6 nitrogen and oxygen atoms in total. The summed E-state index contributed by atoms with van der Waals surface area (Å²) in [6.07, 6.45) is 5.09. The first-order valence-electron chi connectivity index (χ1n) is 9.89. The molecule has 0 radical (unpaired) electrons. The van der Waals surface area contributed by atoms with Crippen molar-refractivity contribution in [2.45, 2.75) is 51.6 Å². The van der Waals surface area contributed by atoms with Gasteiger partial charge in [-0.3, -0.25) is 9.59 Å². The van der Waals surface area contributed by atoms with Crippen molar-refractivity contribution in [3.05, 3.63) is 41.1 Å². The van der Waals surface area contributed by atoms with Crippen molar-refractivity contribution in [3.8, 4) is 5.75 Å². The van der Waals surface area contributed by atoms with Gasteiger partial charge in [-0.2, -0.15) is 0 Å². The summed E-state index contributed by atoms with van der Waals surface area (Å²) in [5, 5.41) is 4.04.